The van der Waals surface area contributed by atoms with E-state index in [1.165, 1.54) is 44.9 Å². The Balaban J connectivity index is 0. The van der Waals surface area contributed by atoms with Crippen LogP contribution >= 0.6 is 0 Å². The van der Waals surface area contributed by atoms with E-state index in [2.05, 4.69) is 31.2 Å². The van der Waals surface area contributed by atoms with E-state index in [0.29, 0.717) is 6.42 Å². The maximum atomic E-state index is 10.3. The van der Waals surface area contributed by atoms with Gasteiger partial charge in [-0.1, -0.05) is 63.3 Å². The molecule has 0 fully saturated rings. The van der Waals surface area contributed by atoms with Crippen molar-refractivity contribution in [3.63, 3.8) is 0 Å². The number of carbonyl (C=O) groups is 1. The standard InChI is InChI=1S/C18H32O2/c1-2-3-4-5-6-7-8-9-10-11-12-13-14-15-16-17-18(19)20/h6-7,9-10H,2-5,8,11-17H2,1H3,(H,19,20)/p+1/b7-6-,10-9-. The van der Waals surface area contributed by atoms with Crippen LogP contribution in [0.2, 0.25) is 0 Å². The van der Waals surface area contributed by atoms with Crippen molar-refractivity contribution in [3.05, 3.63) is 24.3 Å². The van der Waals surface area contributed by atoms with Crippen molar-refractivity contribution in [1.29, 1.82) is 0 Å². The predicted octanol–water partition coefficient (Wildman–Crippen LogP) is 6.00. The summed E-state index contributed by atoms with van der Waals surface area (Å²) in [6, 6.07) is 0. The molecule has 116 valence electrons. The molecule has 0 spiro atoms. The first-order valence-electron chi connectivity index (χ1n) is 8.29. The lowest BCUT2D eigenvalue weighted by atomic mass is 10.1. The van der Waals surface area contributed by atoms with Gasteiger partial charge in [-0.15, -0.1) is 0 Å². The van der Waals surface area contributed by atoms with Gasteiger partial charge < -0.3 is 5.11 Å². The average molecular weight is 281 g/mol. The minimum atomic E-state index is -0.671. The van der Waals surface area contributed by atoms with Crippen LogP contribution in [0, 0.1) is 0 Å². The molecule has 2 nitrogen and oxygen atoms in total. The summed E-state index contributed by atoms with van der Waals surface area (Å²) in [7, 11) is 0. The van der Waals surface area contributed by atoms with Crippen molar-refractivity contribution >= 4 is 5.97 Å². The zero-order valence-corrected chi connectivity index (χ0v) is 13.2. The van der Waals surface area contributed by atoms with Gasteiger partial charge in [-0.2, -0.15) is 0 Å². The monoisotopic (exact) mass is 281 g/mol. The molecular formula is C18H33O2+. The van der Waals surface area contributed by atoms with Crippen LogP contribution in [0.5, 0.6) is 0 Å². The summed E-state index contributed by atoms with van der Waals surface area (Å²) < 4.78 is 0. The molecule has 0 aromatic rings. The number of hydrogen-bond acceptors (Lipinski definition) is 1. The molecule has 0 radical (unpaired) electrons. The van der Waals surface area contributed by atoms with Crippen LogP contribution in [0.1, 0.15) is 85.4 Å². The number of aliphatic carboxylic acids is 1. The first kappa shape index (κ1) is 18.9. The van der Waals surface area contributed by atoms with E-state index in [-0.39, 0.29) is 1.43 Å². The highest BCUT2D eigenvalue weighted by Gasteiger charge is 1.95. The summed E-state index contributed by atoms with van der Waals surface area (Å²) in [6.07, 6.45) is 22.3. The van der Waals surface area contributed by atoms with Crippen LogP contribution in [-0.4, -0.2) is 11.1 Å². The number of carboxylic acid groups (broad SMARTS) is 1. The summed E-state index contributed by atoms with van der Waals surface area (Å²) in [5.74, 6) is -0.671. The average Bonchev–Trinajstić information content (AvgIpc) is 2.43. The largest absolute Gasteiger partial charge is 1.00 e. The van der Waals surface area contributed by atoms with Gasteiger partial charge in [0.2, 0.25) is 0 Å². The molecule has 2 heteroatoms. The van der Waals surface area contributed by atoms with Crippen LogP contribution in [0.15, 0.2) is 24.3 Å². The minimum Gasteiger partial charge on any atom is -0.481 e. The fourth-order valence-corrected chi connectivity index (χ4v) is 2.09. The Kier molecular flexibility index (Phi) is 15.2. The molecule has 0 heterocycles. The lowest BCUT2D eigenvalue weighted by Gasteiger charge is -1.98. The van der Waals surface area contributed by atoms with Gasteiger partial charge in [0.15, 0.2) is 0 Å². The van der Waals surface area contributed by atoms with Crippen LogP contribution < -0.4 is 0 Å². The fourth-order valence-electron chi connectivity index (χ4n) is 2.09. The Bertz CT molecular complexity index is 272. The molecular weight excluding hydrogens is 248 g/mol. The van der Waals surface area contributed by atoms with Crippen molar-refractivity contribution in [1.82, 2.24) is 0 Å². The molecule has 0 aliphatic rings. The van der Waals surface area contributed by atoms with Gasteiger partial charge in [0.25, 0.3) is 0 Å². The molecule has 1 N–H and O–H groups in total. The van der Waals surface area contributed by atoms with Crippen LogP contribution in [0.25, 0.3) is 0 Å². The molecule has 0 saturated heterocycles. The molecule has 0 unspecified atom stereocenters. The van der Waals surface area contributed by atoms with Crippen molar-refractivity contribution in [2.24, 2.45) is 0 Å². The maximum absolute atomic E-state index is 10.3. The Hall–Kier alpha value is -1.05. The molecule has 0 amide bonds. The third-order valence-corrected chi connectivity index (χ3v) is 3.34. The third-order valence-electron chi connectivity index (χ3n) is 3.34. The smallest absolute Gasteiger partial charge is 0.481 e. The summed E-state index contributed by atoms with van der Waals surface area (Å²) in [5.41, 5.74) is 0. The molecule has 0 aliphatic carbocycles. The highest BCUT2D eigenvalue weighted by Crippen LogP contribution is 2.08. The van der Waals surface area contributed by atoms with E-state index in [1.807, 2.05) is 0 Å². The molecule has 0 rings (SSSR count). The Labute approximate surface area is 126 Å². The summed E-state index contributed by atoms with van der Waals surface area (Å²) in [6.45, 7) is 2.23. The summed E-state index contributed by atoms with van der Waals surface area (Å²) in [5, 5.41) is 8.50. The maximum Gasteiger partial charge on any atom is 1.00 e. The fraction of sp³-hybridized carbons (Fsp3) is 0.722. The second-order valence-corrected chi connectivity index (χ2v) is 5.37. The van der Waals surface area contributed by atoms with Gasteiger partial charge in [0.1, 0.15) is 0 Å². The molecule has 0 bridgehead atoms. The van der Waals surface area contributed by atoms with Crippen LogP contribution in [0.3, 0.4) is 0 Å². The second kappa shape index (κ2) is 16.0. The zero-order chi connectivity index (χ0) is 14.9. The van der Waals surface area contributed by atoms with Crippen LogP contribution in [-0.2, 0) is 4.79 Å². The highest BCUT2D eigenvalue weighted by molar-refractivity contribution is 5.66. The van der Waals surface area contributed by atoms with Crippen molar-refractivity contribution in [2.75, 3.05) is 0 Å². The topological polar surface area (TPSA) is 37.3 Å². The lowest BCUT2D eigenvalue weighted by molar-refractivity contribution is -0.137. The van der Waals surface area contributed by atoms with Crippen LogP contribution in [0.4, 0.5) is 0 Å². The second-order valence-electron chi connectivity index (χ2n) is 5.37. The third kappa shape index (κ3) is 16.9. The van der Waals surface area contributed by atoms with Gasteiger partial charge in [-0.25, -0.2) is 0 Å². The first-order valence-corrected chi connectivity index (χ1v) is 8.29. The molecule has 0 aliphatic heterocycles. The van der Waals surface area contributed by atoms with Crippen molar-refractivity contribution in [3.8, 4) is 0 Å². The first-order chi connectivity index (χ1) is 9.77. The summed E-state index contributed by atoms with van der Waals surface area (Å²) in [4.78, 5) is 10.3. The number of allylic oxidation sites excluding steroid dienone is 4. The Morgan fingerprint density at radius 2 is 1.40 bits per heavy atom. The van der Waals surface area contributed by atoms with E-state index < -0.39 is 5.97 Å². The van der Waals surface area contributed by atoms with Crippen molar-refractivity contribution < 1.29 is 11.3 Å². The predicted molar refractivity (Wildman–Crippen MR) is 88.1 cm³/mol. The molecule has 0 aromatic heterocycles. The Morgan fingerprint density at radius 3 is 2.00 bits per heavy atom. The molecule has 0 atom stereocenters. The number of rotatable bonds is 14. The Morgan fingerprint density at radius 1 is 0.850 bits per heavy atom. The molecule has 20 heavy (non-hydrogen) atoms. The lowest BCUT2D eigenvalue weighted by Crippen LogP contribution is -1.93. The van der Waals surface area contributed by atoms with E-state index in [1.54, 1.807) is 0 Å². The van der Waals surface area contributed by atoms with E-state index in [4.69, 9.17) is 5.11 Å². The zero-order valence-electron chi connectivity index (χ0n) is 14.2. The van der Waals surface area contributed by atoms with E-state index in [0.717, 1.165) is 25.7 Å². The number of carboxylic acids is 1. The molecule has 0 saturated carbocycles. The quantitative estimate of drug-likeness (QED) is 0.313. The van der Waals surface area contributed by atoms with Gasteiger partial charge in [-0.3, -0.25) is 4.79 Å². The van der Waals surface area contributed by atoms with Gasteiger partial charge in [0, 0.05) is 6.42 Å². The minimum absolute atomic E-state index is 0. The normalized spacial score (nSPS) is 11.7. The number of hydrogen-bond donors (Lipinski definition) is 1. The summed E-state index contributed by atoms with van der Waals surface area (Å²) >= 11 is 0. The van der Waals surface area contributed by atoms with E-state index >= 15 is 0 Å². The number of unbranched alkanes of at least 4 members (excludes halogenated alkanes) is 8. The highest BCUT2D eigenvalue weighted by atomic mass is 16.4. The van der Waals surface area contributed by atoms with Gasteiger partial charge >= 0.3 is 7.40 Å². The molecule has 0 aromatic carbocycles. The van der Waals surface area contributed by atoms with E-state index in [9.17, 15) is 4.79 Å². The SMILES string of the molecule is CCCCC/C=C\C/C=C\CCCCCCCC(=O)O.[H+]. The van der Waals surface area contributed by atoms with Crippen molar-refractivity contribution in [2.45, 2.75) is 84.0 Å². The van der Waals surface area contributed by atoms with Gasteiger partial charge in [0.05, 0.1) is 0 Å². The van der Waals surface area contributed by atoms with Gasteiger partial charge in [-0.05, 0) is 38.5 Å².